The van der Waals surface area contributed by atoms with Crippen molar-refractivity contribution >= 4 is 11.8 Å². The van der Waals surface area contributed by atoms with Crippen LogP contribution in [0.1, 0.15) is 89.7 Å². The Bertz CT molecular complexity index is 627. The van der Waals surface area contributed by atoms with Crippen molar-refractivity contribution in [1.29, 1.82) is 5.26 Å². The zero-order chi connectivity index (χ0) is 20.5. The first kappa shape index (κ1) is 23.3. The minimum Gasteiger partial charge on any atom is -0.206 e. The maximum atomic E-state index is 14.2. The normalized spacial score (nSPS) is 22.3. The first-order chi connectivity index (χ1) is 13.4. The molecule has 0 radical (unpaired) electrons. The van der Waals surface area contributed by atoms with Gasteiger partial charge < -0.3 is 0 Å². The molecule has 0 heterocycles. The molecule has 1 aromatic rings. The fourth-order valence-corrected chi connectivity index (χ4v) is 5.41. The third-order valence-corrected chi connectivity index (χ3v) is 7.70. The molecule has 1 saturated carbocycles. The molecule has 1 aliphatic rings. The average molecular weight is 404 g/mol. The fraction of sp³-hybridized carbons (Fsp3) is 0.720. The predicted molar refractivity (Wildman–Crippen MR) is 119 cm³/mol. The predicted octanol–water partition coefficient (Wildman–Crippen LogP) is 8.30. The van der Waals surface area contributed by atoms with Gasteiger partial charge in [0.1, 0.15) is 11.2 Å². The van der Waals surface area contributed by atoms with Crippen LogP contribution < -0.4 is 0 Å². The van der Waals surface area contributed by atoms with Gasteiger partial charge in [-0.15, -0.1) is 0 Å². The highest BCUT2D eigenvalue weighted by Gasteiger charge is 2.23. The lowest BCUT2D eigenvalue weighted by molar-refractivity contribution is 0.252. The van der Waals surface area contributed by atoms with Crippen molar-refractivity contribution in [3.63, 3.8) is 0 Å². The zero-order valence-corrected chi connectivity index (χ0v) is 19.1. The second-order valence-electron chi connectivity index (χ2n) is 9.18. The van der Waals surface area contributed by atoms with Crippen molar-refractivity contribution in [3.05, 3.63) is 29.1 Å². The Labute approximate surface area is 176 Å². The lowest BCUT2D eigenvalue weighted by atomic mass is 9.79. The highest BCUT2D eigenvalue weighted by molar-refractivity contribution is 8.03. The number of hydrogen-bond acceptors (Lipinski definition) is 2. The Morgan fingerprint density at radius 1 is 1.18 bits per heavy atom. The molecule has 0 amide bonds. The number of benzene rings is 1. The smallest absolute Gasteiger partial charge is 0.138 e. The topological polar surface area (TPSA) is 23.8 Å². The molecule has 0 bridgehead atoms. The van der Waals surface area contributed by atoms with Gasteiger partial charge >= 0.3 is 0 Å². The van der Waals surface area contributed by atoms with E-state index in [2.05, 4.69) is 26.8 Å². The molecule has 0 spiro atoms. The van der Waals surface area contributed by atoms with Crippen LogP contribution in [0.15, 0.2) is 17.0 Å². The van der Waals surface area contributed by atoms with Crippen molar-refractivity contribution in [2.24, 2.45) is 23.7 Å². The molecule has 0 saturated heterocycles. The lowest BCUT2D eigenvalue weighted by Gasteiger charge is -2.26. The molecule has 1 nitrogen and oxygen atoms in total. The standard InChI is InChI=1S/C25H38FNS/c1-5-22(23-8-6-7-18(2)11-14-23)13-10-19(3)9-12-21-15-20(4)25(28-17-27)24(26)16-21/h15-16,18-19,22-23H,5-14H2,1-4H3. The third-order valence-electron chi connectivity index (χ3n) is 6.89. The van der Waals surface area contributed by atoms with Crippen LogP contribution in [0.4, 0.5) is 4.39 Å². The number of nitriles is 1. The summed E-state index contributed by atoms with van der Waals surface area (Å²) in [6.07, 6.45) is 13.1. The van der Waals surface area contributed by atoms with E-state index in [4.69, 9.17) is 5.26 Å². The fourth-order valence-electron chi connectivity index (χ4n) is 4.94. The van der Waals surface area contributed by atoms with E-state index >= 15 is 0 Å². The monoisotopic (exact) mass is 403 g/mol. The summed E-state index contributed by atoms with van der Waals surface area (Å²) in [5.41, 5.74) is 1.94. The number of thiocyanates is 1. The van der Waals surface area contributed by atoms with Crippen molar-refractivity contribution in [2.75, 3.05) is 0 Å². The molecule has 4 unspecified atom stereocenters. The van der Waals surface area contributed by atoms with E-state index in [1.807, 2.05) is 12.3 Å². The number of aryl methyl sites for hydroxylation is 2. The van der Waals surface area contributed by atoms with E-state index in [1.54, 1.807) is 6.07 Å². The summed E-state index contributed by atoms with van der Waals surface area (Å²) in [6, 6.07) is 3.68. The van der Waals surface area contributed by atoms with Gasteiger partial charge in [-0.1, -0.05) is 65.4 Å². The third kappa shape index (κ3) is 7.11. The SMILES string of the molecule is CCC(CCC(C)CCc1cc(C)c(SC#N)c(F)c1)C1CCCC(C)CC1. The summed E-state index contributed by atoms with van der Waals surface area (Å²) >= 11 is 0.921. The second-order valence-corrected chi connectivity index (χ2v) is 9.97. The van der Waals surface area contributed by atoms with Crippen LogP contribution in [0.25, 0.3) is 0 Å². The number of rotatable bonds is 9. The van der Waals surface area contributed by atoms with Crippen molar-refractivity contribution in [2.45, 2.75) is 96.8 Å². The number of halogens is 1. The van der Waals surface area contributed by atoms with Crippen LogP contribution in [0.5, 0.6) is 0 Å². The molecule has 3 heteroatoms. The highest BCUT2D eigenvalue weighted by atomic mass is 32.2. The van der Waals surface area contributed by atoms with Crippen LogP contribution in [0, 0.1) is 47.1 Å². The van der Waals surface area contributed by atoms with Crippen molar-refractivity contribution in [1.82, 2.24) is 0 Å². The van der Waals surface area contributed by atoms with Crippen LogP contribution in [-0.2, 0) is 6.42 Å². The summed E-state index contributed by atoms with van der Waals surface area (Å²) in [7, 11) is 0. The van der Waals surface area contributed by atoms with Gasteiger partial charge in [-0.2, -0.15) is 5.26 Å². The summed E-state index contributed by atoms with van der Waals surface area (Å²) in [5, 5.41) is 10.8. The molecular formula is C25H38FNS. The van der Waals surface area contributed by atoms with Gasteiger partial charge in [0.15, 0.2) is 0 Å². The van der Waals surface area contributed by atoms with E-state index in [1.165, 1.54) is 51.4 Å². The maximum absolute atomic E-state index is 14.2. The molecular weight excluding hydrogens is 365 g/mol. The summed E-state index contributed by atoms with van der Waals surface area (Å²) in [5.74, 6) is 3.17. The van der Waals surface area contributed by atoms with Crippen molar-refractivity contribution < 1.29 is 4.39 Å². The number of hydrogen-bond donors (Lipinski definition) is 0. The van der Waals surface area contributed by atoms with Gasteiger partial charge in [0, 0.05) is 0 Å². The molecule has 4 atom stereocenters. The second kappa shape index (κ2) is 11.9. The minimum atomic E-state index is -0.247. The van der Waals surface area contributed by atoms with Gasteiger partial charge in [0.2, 0.25) is 0 Å². The summed E-state index contributed by atoms with van der Waals surface area (Å²) in [4.78, 5) is 0.475. The first-order valence-electron chi connectivity index (χ1n) is 11.3. The molecule has 156 valence electrons. The Balaban J connectivity index is 1.81. The number of nitrogens with zero attached hydrogens (tertiary/aromatic N) is 1. The molecule has 0 N–H and O–H groups in total. The molecule has 1 aromatic carbocycles. The molecule has 1 fully saturated rings. The van der Waals surface area contributed by atoms with E-state index in [0.717, 1.165) is 53.5 Å². The Morgan fingerprint density at radius 3 is 2.64 bits per heavy atom. The molecule has 1 aliphatic carbocycles. The van der Waals surface area contributed by atoms with Gasteiger partial charge in [0.05, 0.1) is 4.90 Å². The molecule has 28 heavy (non-hydrogen) atoms. The lowest BCUT2D eigenvalue weighted by Crippen LogP contribution is -2.15. The largest absolute Gasteiger partial charge is 0.206 e. The van der Waals surface area contributed by atoms with Crippen LogP contribution in [0.3, 0.4) is 0 Å². The van der Waals surface area contributed by atoms with Crippen LogP contribution in [0.2, 0.25) is 0 Å². The van der Waals surface area contributed by atoms with E-state index in [-0.39, 0.29) is 5.82 Å². The number of thioether (sulfide) groups is 1. The quantitative estimate of drug-likeness (QED) is 0.235. The van der Waals surface area contributed by atoms with Gasteiger partial charge in [-0.05, 0) is 85.2 Å². The Hall–Kier alpha value is -1.01. The summed E-state index contributed by atoms with van der Waals surface area (Å²) in [6.45, 7) is 9.04. The molecule has 2 rings (SSSR count). The molecule has 0 aromatic heterocycles. The van der Waals surface area contributed by atoms with Crippen LogP contribution >= 0.6 is 11.8 Å². The van der Waals surface area contributed by atoms with E-state index < -0.39 is 0 Å². The maximum Gasteiger partial charge on any atom is 0.138 e. The van der Waals surface area contributed by atoms with Crippen molar-refractivity contribution in [3.8, 4) is 5.40 Å². The minimum absolute atomic E-state index is 0.247. The highest BCUT2D eigenvalue weighted by Crippen LogP contribution is 2.36. The van der Waals surface area contributed by atoms with E-state index in [9.17, 15) is 4.39 Å². The van der Waals surface area contributed by atoms with Gasteiger partial charge in [-0.3, -0.25) is 0 Å². The van der Waals surface area contributed by atoms with Gasteiger partial charge in [-0.25, -0.2) is 4.39 Å². The average Bonchev–Trinajstić information content (AvgIpc) is 2.88. The Morgan fingerprint density at radius 2 is 1.96 bits per heavy atom. The van der Waals surface area contributed by atoms with Crippen LogP contribution in [-0.4, -0.2) is 0 Å². The first-order valence-corrected chi connectivity index (χ1v) is 12.1. The Kier molecular flexibility index (Phi) is 9.86. The van der Waals surface area contributed by atoms with E-state index in [0.29, 0.717) is 10.8 Å². The van der Waals surface area contributed by atoms with Gasteiger partial charge in [0.25, 0.3) is 0 Å². The summed E-state index contributed by atoms with van der Waals surface area (Å²) < 4.78 is 14.2. The molecule has 0 aliphatic heterocycles. The zero-order valence-electron chi connectivity index (χ0n) is 18.3.